The van der Waals surface area contributed by atoms with Gasteiger partial charge in [-0.3, -0.25) is 0 Å². The maximum Gasteiger partial charge on any atom is 0.287 e. The van der Waals surface area contributed by atoms with Crippen LogP contribution in [0.2, 0.25) is 0 Å². The third kappa shape index (κ3) is 2.67. The molecule has 0 unspecified atom stereocenters. The van der Waals surface area contributed by atoms with E-state index in [0.717, 1.165) is 6.07 Å². The molecule has 0 atom stereocenters. The molecule has 0 N–H and O–H groups in total. The van der Waals surface area contributed by atoms with E-state index < -0.39 is 17.2 Å². The Morgan fingerprint density at radius 1 is 1.19 bits per heavy atom. The van der Waals surface area contributed by atoms with Crippen LogP contribution in [0.3, 0.4) is 0 Å². The van der Waals surface area contributed by atoms with Gasteiger partial charge < -0.3 is 9.58 Å². The van der Waals surface area contributed by atoms with E-state index in [2.05, 4.69) is 9.83 Å². The predicted octanol–water partition coefficient (Wildman–Crippen LogP) is 4.01. The monoisotopic (exact) mass is 306 g/mol. The zero-order valence-corrected chi connectivity index (χ0v) is 11.9. The van der Waals surface area contributed by atoms with E-state index in [9.17, 15) is 8.78 Å². The predicted molar refractivity (Wildman–Crippen MR) is 75.8 cm³/mol. The molecule has 1 saturated heterocycles. The first kappa shape index (κ1) is 14.1. The van der Waals surface area contributed by atoms with Gasteiger partial charge in [0, 0.05) is 17.0 Å². The van der Waals surface area contributed by atoms with Crippen molar-refractivity contribution in [3.05, 3.63) is 51.6 Å². The number of aromatic nitrogens is 1. The van der Waals surface area contributed by atoms with Gasteiger partial charge in [-0.1, -0.05) is 0 Å². The van der Waals surface area contributed by atoms with E-state index in [1.807, 2.05) is 0 Å². The van der Waals surface area contributed by atoms with Gasteiger partial charge in [-0.05, 0) is 12.1 Å². The second kappa shape index (κ2) is 5.51. The Balaban J connectivity index is 1.98. The largest absolute Gasteiger partial charge is 0.381 e. The van der Waals surface area contributed by atoms with Crippen molar-refractivity contribution in [2.24, 2.45) is 0 Å². The minimum atomic E-state index is -0.660. The first-order valence-electron chi connectivity index (χ1n) is 6.52. The van der Waals surface area contributed by atoms with Gasteiger partial charge in [0.25, 0.3) is 5.54 Å². The van der Waals surface area contributed by atoms with Crippen LogP contribution in [0.4, 0.5) is 8.78 Å². The molecule has 3 rings (SSSR count). The van der Waals surface area contributed by atoms with Gasteiger partial charge in [-0.25, -0.2) is 20.3 Å². The van der Waals surface area contributed by atoms with Gasteiger partial charge in [-0.2, -0.15) is 0 Å². The third-order valence-electron chi connectivity index (χ3n) is 3.59. The molecule has 0 bridgehead atoms. The Hall–Kier alpha value is -1.84. The fraction of sp³-hybridized carbons (Fsp3) is 0.333. The molecule has 2 heterocycles. The number of thiazole rings is 1. The molecular formula is C15H12F2N2OS. The van der Waals surface area contributed by atoms with Crippen molar-refractivity contribution in [3.8, 4) is 11.3 Å². The van der Waals surface area contributed by atoms with Crippen LogP contribution in [0, 0.1) is 18.2 Å². The molecule has 0 saturated carbocycles. The topological polar surface area (TPSA) is 26.5 Å². The average Bonchev–Trinajstić information content (AvgIpc) is 2.97. The van der Waals surface area contributed by atoms with Gasteiger partial charge in [0.05, 0.1) is 31.7 Å². The van der Waals surface area contributed by atoms with Crippen molar-refractivity contribution in [1.29, 1.82) is 0 Å². The van der Waals surface area contributed by atoms with Gasteiger partial charge in [-0.15, -0.1) is 11.3 Å². The summed E-state index contributed by atoms with van der Waals surface area (Å²) in [5.74, 6) is -1.27. The molecule has 0 amide bonds. The Labute approximate surface area is 125 Å². The number of hydrogen-bond donors (Lipinski definition) is 0. The lowest BCUT2D eigenvalue weighted by atomic mass is 9.92. The molecule has 2 aromatic rings. The van der Waals surface area contributed by atoms with Crippen LogP contribution >= 0.6 is 11.3 Å². The highest BCUT2D eigenvalue weighted by Gasteiger charge is 2.43. The standard InChI is InChI=1S/C15H12F2N2OS/c1-18-15(2-4-20-5-3-15)14-19-13(9-21-14)10-6-11(16)8-12(17)7-10/h6-9H,2-5H2. The zero-order chi connectivity index (χ0) is 14.9. The third-order valence-corrected chi connectivity index (χ3v) is 4.63. The molecule has 1 aliphatic heterocycles. The molecule has 21 heavy (non-hydrogen) atoms. The molecule has 6 heteroatoms. The highest BCUT2D eigenvalue weighted by molar-refractivity contribution is 7.10. The van der Waals surface area contributed by atoms with Crippen molar-refractivity contribution in [3.63, 3.8) is 0 Å². The summed E-state index contributed by atoms with van der Waals surface area (Å²) in [6.45, 7) is 8.55. The minimum Gasteiger partial charge on any atom is -0.381 e. The van der Waals surface area contributed by atoms with Crippen molar-refractivity contribution in [1.82, 2.24) is 4.98 Å². The number of hydrogen-bond acceptors (Lipinski definition) is 3. The van der Waals surface area contributed by atoms with Crippen LogP contribution in [-0.2, 0) is 10.3 Å². The SMILES string of the molecule is [C-]#[N+]C1(c2nc(-c3cc(F)cc(F)c3)cs2)CCOCC1. The fourth-order valence-electron chi connectivity index (χ4n) is 2.40. The second-order valence-electron chi connectivity index (χ2n) is 4.95. The Bertz CT molecular complexity index is 682. The number of ether oxygens (including phenoxy) is 1. The van der Waals surface area contributed by atoms with Crippen LogP contribution in [0.15, 0.2) is 23.6 Å². The molecular weight excluding hydrogens is 294 g/mol. The van der Waals surface area contributed by atoms with Crippen LogP contribution < -0.4 is 0 Å². The quantitative estimate of drug-likeness (QED) is 0.784. The minimum absolute atomic E-state index is 0.391. The van der Waals surface area contributed by atoms with E-state index in [0.29, 0.717) is 42.3 Å². The summed E-state index contributed by atoms with van der Waals surface area (Å²) in [6.07, 6.45) is 1.20. The summed E-state index contributed by atoms with van der Waals surface area (Å²) < 4.78 is 31.9. The Morgan fingerprint density at radius 2 is 1.86 bits per heavy atom. The first-order chi connectivity index (χ1) is 10.1. The van der Waals surface area contributed by atoms with E-state index in [4.69, 9.17) is 11.3 Å². The summed E-state index contributed by atoms with van der Waals surface area (Å²) in [5, 5.41) is 2.44. The zero-order valence-electron chi connectivity index (χ0n) is 11.1. The van der Waals surface area contributed by atoms with Gasteiger partial charge in [0.1, 0.15) is 11.6 Å². The highest BCUT2D eigenvalue weighted by atomic mass is 32.1. The average molecular weight is 306 g/mol. The van der Waals surface area contributed by atoms with Crippen LogP contribution in [0.5, 0.6) is 0 Å². The maximum atomic E-state index is 13.3. The summed E-state index contributed by atoms with van der Waals surface area (Å²) in [6, 6.07) is 3.32. The van der Waals surface area contributed by atoms with Crippen molar-refractivity contribution >= 4 is 11.3 Å². The molecule has 0 radical (unpaired) electrons. The number of halogens is 2. The molecule has 0 spiro atoms. The Kier molecular flexibility index (Phi) is 3.70. The fourth-order valence-corrected chi connectivity index (χ4v) is 3.44. The molecule has 1 fully saturated rings. The van der Waals surface area contributed by atoms with Gasteiger partial charge in [0.2, 0.25) is 0 Å². The van der Waals surface area contributed by atoms with E-state index in [-0.39, 0.29) is 0 Å². The van der Waals surface area contributed by atoms with E-state index in [1.54, 1.807) is 5.38 Å². The van der Waals surface area contributed by atoms with Crippen molar-refractivity contribution in [2.75, 3.05) is 13.2 Å². The molecule has 1 aromatic carbocycles. The van der Waals surface area contributed by atoms with Gasteiger partial charge >= 0.3 is 0 Å². The number of nitrogens with zero attached hydrogens (tertiary/aromatic N) is 2. The molecule has 0 aliphatic carbocycles. The first-order valence-corrected chi connectivity index (χ1v) is 7.40. The summed E-state index contributed by atoms with van der Waals surface area (Å²) in [5.41, 5.74) is 0.234. The number of benzene rings is 1. The van der Waals surface area contributed by atoms with E-state index >= 15 is 0 Å². The van der Waals surface area contributed by atoms with Crippen LogP contribution in [-0.4, -0.2) is 18.2 Å². The normalized spacial score (nSPS) is 17.4. The Morgan fingerprint density at radius 3 is 2.48 bits per heavy atom. The summed E-state index contributed by atoms with van der Waals surface area (Å²) in [7, 11) is 0. The highest BCUT2D eigenvalue weighted by Crippen LogP contribution is 2.39. The van der Waals surface area contributed by atoms with Crippen molar-refractivity contribution < 1.29 is 13.5 Å². The molecule has 3 nitrogen and oxygen atoms in total. The van der Waals surface area contributed by atoms with Gasteiger partial charge in [0.15, 0.2) is 5.01 Å². The summed E-state index contributed by atoms with van der Waals surface area (Å²) >= 11 is 1.36. The maximum absolute atomic E-state index is 13.3. The molecule has 1 aliphatic rings. The second-order valence-corrected chi connectivity index (χ2v) is 5.81. The van der Waals surface area contributed by atoms with Crippen LogP contribution in [0.25, 0.3) is 16.1 Å². The van der Waals surface area contributed by atoms with Crippen LogP contribution in [0.1, 0.15) is 17.8 Å². The number of rotatable bonds is 2. The van der Waals surface area contributed by atoms with E-state index in [1.165, 1.54) is 23.5 Å². The molecule has 108 valence electrons. The lowest BCUT2D eigenvalue weighted by Crippen LogP contribution is -2.30. The van der Waals surface area contributed by atoms with Crippen molar-refractivity contribution in [2.45, 2.75) is 18.4 Å². The lowest BCUT2D eigenvalue weighted by Gasteiger charge is -2.24. The smallest absolute Gasteiger partial charge is 0.287 e. The summed E-state index contributed by atoms with van der Waals surface area (Å²) in [4.78, 5) is 8.21. The molecule has 1 aromatic heterocycles. The lowest BCUT2D eigenvalue weighted by molar-refractivity contribution is 0.0646.